The predicted octanol–water partition coefficient (Wildman–Crippen LogP) is 2.51. The lowest BCUT2D eigenvalue weighted by Gasteiger charge is -2.17. The number of aromatic nitrogens is 3. The molecule has 6 heteroatoms. The van der Waals surface area contributed by atoms with Gasteiger partial charge >= 0.3 is 0 Å². The second kappa shape index (κ2) is 6.91. The normalized spacial score (nSPS) is 19.2. The Morgan fingerprint density at radius 1 is 1.00 bits per heavy atom. The summed E-state index contributed by atoms with van der Waals surface area (Å²) in [5.74, 6) is 3.04. The summed E-state index contributed by atoms with van der Waals surface area (Å²) < 4.78 is 0. The zero-order chi connectivity index (χ0) is 14.5. The molecule has 0 unspecified atom stereocenters. The number of hydrogen-bond donors (Lipinski definition) is 2. The molecule has 2 N–H and O–H groups in total. The fraction of sp³-hybridized carbons (Fsp3) is 0.800. The second-order valence-electron chi connectivity index (χ2n) is 6.09. The van der Waals surface area contributed by atoms with Gasteiger partial charge in [0.2, 0.25) is 17.8 Å². The Morgan fingerprint density at radius 2 is 1.71 bits per heavy atom. The van der Waals surface area contributed by atoms with E-state index in [0.29, 0.717) is 11.9 Å². The minimum Gasteiger partial charge on any atom is -0.357 e. The molecule has 0 aromatic carbocycles. The molecule has 1 saturated heterocycles. The van der Waals surface area contributed by atoms with Gasteiger partial charge in [-0.2, -0.15) is 15.0 Å². The first kappa shape index (κ1) is 14.4. The van der Waals surface area contributed by atoms with Crippen LogP contribution in [-0.2, 0) is 0 Å². The van der Waals surface area contributed by atoms with E-state index in [4.69, 9.17) is 0 Å². The highest BCUT2D eigenvalue weighted by Gasteiger charge is 2.18. The summed E-state index contributed by atoms with van der Waals surface area (Å²) >= 11 is 0. The smallest absolute Gasteiger partial charge is 0.231 e. The summed E-state index contributed by atoms with van der Waals surface area (Å²) in [4.78, 5) is 15.7. The van der Waals surface area contributed by atoms with Gasteiger partial charge in [-0.15, -0.1) is 0 Å². The molecule has 2 fully saturated rings. The van der Waals surface area contributed by atoms with E-state index < -0.39 is 0 Å². The fourth-order valence-corrected chi connectivity index (χ4v) is 3.30. The van der Waals surface area contributed by atoms with Crippen LogP contribution < -0.4 is 15.5 Å². The van der Waals surface area contributed by atoms with E-state index in [9.17, 15) is 0 Å². The van der Waals surface area contributed by atoms with Crippen molar-refractivity contribution in [2.24, 2.45) is 5.92 Å². The van der Waals surface area contributed by atoms with Gasteiger partial charge in [-0.25, -0.2) is 0 Å². The molecule has 1 saturated carbocycles. The molecule has 3 rings (SSSR count). The van der Waals surface area contributed by atoms with Crippen LogP contribution >= 0.6 is 0 Å². The van der Waals surface area contributed by atoms with Gasteiger partial charge in [0.25, 0.3) is 0 Å². The van der Waals surface area contributed by atoms with Crippen LogP contribution in [0.5, 0.6) is 0 Å². The highest BCUT2D eigenvalue weighted by molar-refractivity contribution is 5.44. The Labute approximate surface area is 126 Å². The molecule has 1 aromatic rings. The van der Waals surface area contributed by atoms with Crippen molar-refractivity contribution in [1.29, 1.82) is 0 Å². The van der Waals surface area contributed by atoms with Gasteiger partial charge < -0.3 is 15.5 Å². The summed E-state index contributed by atoms with van der Waals surface area (Å²) in [6.45, 7) is 3.06. The second-order valence-corrected chi connectivity index (χ2v) is 6.09. The van der Waals surface area contributed by atoms with Crippen molar-refractivity contribution in [2.45, 2.75) is 44.9 Å². The Morgan fingerprint density at radius 3 is 2.43 bits per heavy atom. The molecule has 1 aliphatic heterocycles. The highest BCUT2D eigenvalue weighted by atomic mass is 15.3. The number of anilines is 3. The van der Waals surface area contributed by atoms with Crippen LogP contribution in [0, 0.1) is 5.92 Å². The summed E-state index contributed by atoms with van der Waals surface area (Å²) in [5, 5.41) is 6.42. The van der Waals surface area contributed by atoms with E-state index >= 15 is 0 Å². The van der Waals surface area contributed by atoms with Crippen molar-refractivity contribution in [1.82, 2.24) is 15.0 Å². The van der Waals surface area contributed by atoms with Gasteiger partial charge in [0.15, 0.2) is 0 Å². The molecule has 21 heavy (non-hydrogen) atoms. The van der Waals surface area contributed by atoms with E-state index in [1.54, 1.807) is 0 Å². The monoisotopic (exact) mass is 290 g/mol. The third kappa shape index (κ3) is 3.74. The Balaban J connectivity index is 1.61. The van der Waals surface area contributed by atoms with Crippen molar-refractivity contribution in [2.75, 3.05) is 42.2 Å². The third-order valence-corrected chi connectivity index (χ3v) is 4.55. The minimum atomic E-state index is 0.648. The number of nitrogens with zero attached hydrogens (tertiary/aromatic N) is 4. The average Bonchev–Trinajstić information content (AvgIpc) is 3.20. The third-order valence-electron chi connectivity index (χ3n) is 4.55. The standard InChI is InChI=1S/C15H26N6/c1-16-13-18-14(17-9-8-12-6-2-3-7-12)20-15(19-13)21-10-4-5-11-21/h12H,2-11H2,1H3,(H2,16,17,18,19,20). The lowest BCUT2D eigenvalue weighted by atomic mass is 10.0. The van der Waals surface area contributed by atoms with Gasteiger partial charge in [0.1, 0.15) is 0 Å². The van der Waals surface area contributed by atoms with E-state index in [-0.39, 0.29) is 0 Å². The molecule has 1 aliphatic carbocycles. The number of hydrogen-bond acceptors (Lipinski definition) is 6. The quantitative estimate of drug-likeness (QED) is 0.839. The van der Waals surface area contributed by atoms with Crippen molar-refractivity contribution in [3.05, 3.63) is 0 Å². The zero-order valence-electron chi connectivity index (χ0n) is 12.9. The molecule has 0 atom stereocenters. The molecule has 116 valence electrons. The first-order valence-electron chi connectivity index (χ1n) is 8.28. The Kier molecular flexibility index (Phi) is 4.72. The molecule has 0 bridgehead atoms. The van der Waals surface area contributed by atoms with Crippen molar-refractivity contribution in [3.63, 3.8) is 0 Å². The topological polar surface area (TPSA) is 66.0 Å². The minimum absolute atomic E-state index is 0.648. The Hall–Kier alpha value is -1.59. The molecule has 2 aliphatic rings. The maximum atomic E-state index is 4.58. The average molecular weight is 290 g/mol. The molecule has 0 amide bonds. The van der Waals surface area contributed by atoms with Crippen LogP contribution in [0.3, 0.4) is 0 Å². The summed E-state index contributed by atoms with van der Waals surface area (Å²) in [6.07, 6.45) is 9.26. The van der Waals surface area contributed by atoms with E-state index in [1.165, 1.54) is 44.9 Å². The molecular weight excluding hydrogens is 264 g/mol. The maximum Gasteiger partial charge on any atom is 0.231 e. The number of nitrogens with one attached hydrogen (secondary N) is 2. The van der Waals surface area contributed by atoms with Crippen molar-refractivity contribution in [3.8, 4) is 0 Å². The SMILES string of the molecule is CNc1nc(NCCC2CCCC2)nc(N2CCCC2)n1. The molecule has 2 heterocycles. The van der Waals surface area contributed by atoms with Crippen LogP contribution in [0.2, 0.25) is 0 Å². The van der Waals surface area contributed by atoms with Gasteiger partial charge in [-0.3, -0.25) is 0 Å². The lowest BCUT2D eigenvalue weighted by Crippen LogP contribution is -2.22. The molecule has 0 spiro atoms. The van der Waals surface area contributed by atoms with Gasteiger partial charge in [-0.05, 0) is 25.2 Å². The van der Waals surface area contributed by atoms with Gasteiger partial charge in [0, 0.05) is 26.7 Å². The first-order chi connectivity index (χ1) is 10.3. The lowest BCUT2D eigenvalue weighted by molar-refractivity contribution is 0.518. The highest BCUT2D eigenvalue weighted by Crippen LogP contribution is 2.27. The Bertz CT molecular complexity index is 451. The summed E-state index contributed by atoms with van der Waals surface area (Å²) in [7, 11) is 1.85. The van der Waals surface area contributed by atoms with Crippen LogP contribution in [-0.4, -0.2) is 41.6 Å². The van der Waals surface area contributed by atoms with Crippen LogP contribution in [0.15, 0.2) is 0 Å². The summed E-state index contributed by atoms with van der Waals surface area (Å²) in [6, 6.07) is 0. The van der Waals surface area contributed by atoms with Gasteiger partial charge in [0.05, 0.1) is 0 Å². The predicted molar refractivity (Wildman–Crippen MR) is 85.9 cm³/mol. The van der Waals surface area contributed by atoms with E-state index in [0.717, 1.165) is 31.5 Å². The van der Waals surface area contributed by atoms with Crippen LogP contribution in [0.25, 0.3) is 0 Å². The van der Waals surface area contributed by atoms with Crippen molar-refractivity contribution < 1.29 is 0 Å². The van der Waals surface area contributed by atoms with Gasteiger partial charge in [-0.1, -0.05) is 25.7 Å². The largest absolute Gasteiger partial charge is 0.357 e. The molecule has 6 nitrogen and oxygen atoms in total. The van der Waals surface area contributed by atoms with Crippen molar-refractivity contribution >= 4 is 17.8 Å². The number of rotatable bonds is 6. The molecule has 0 radical (unpaired) electrons. The molecule has 1 aromatic heterocycles. The fourth-order valence-electron chi connectivity index (χ4n) is 3.30. The maximum absolute atomic E-state index is 4.58. The molecular formula is C15H26N6. The summed E-state index contributed by atoms with van der Waals surface area (Å²) in [5.41, 5.74) is 0. The first-order valence-corrected chi connectivity index (χ1v) is 8.28. The zero-order valence-corrected chi connectivity index (χ0v) is 12.9. The van der Waals surface area contributed by atoms with E-state index in [2.05, 4.69) is 30.5 Å². The van der Waals surface area contributed by atoms with Crippen LogP contribution in [0.1, 0.15) is 44.9 Å². The van der Waals surface area contributed by atoms with Crippen LogP contribution in [0.4, 0.5) is 17.8 Å². The van der Waals surface area contributed by atoms with E-state index in [1.807, 2.05) is 7.05 Å².